The summed E-state index contributed by atoms with van der Waals surface area (Å²) >= 11 is 6.05. The second kappa shape index (κ2) is 10.7. The Balaban J connectivity index is 1.94. The summed E-state index contributed by atoms with van der Waals surface area (Å²) in [5, 5.41) is 9.23. The molecule has 1 atom stereocenters. The summed E-state index contributed by atoms with van der Waals surface area (Å²) in [6.45, 7) is 7.87. The Labute approximate surface area is 179 Å². The predicted octanol–water partition coefficient (Wildman–Crippen LogP) is 2.80. The number of nitrogens with zero attached hydrogens (tertiary/aromatic N) is 3. The zero-order valence-corrected chi connectivity index (χ0v) is 18.1. The number of rotatable bonds is 7. The Morgan fingerprint density at radius 1 is 1.43 bits per heavy atom. The molecule has 0 spiro atoms. The number of nitrogens with one attached hydrogen (secondary N) is 3. The maximum atomic E-state index is 12.8. The molecule has 1 fully saturated rings. The lowest BCUT2D eigenvalue weighted by Crippen LogP contribution is -2.44. The Hall–Kier alpha value is -2.23. The third-order valence-electron chi connectivity index (χ3n) is 4.38. The molecule has 1 aromatic heterocycles. The summed E-state index contributed by atoms with van der Waals surface area (Å²) in [7, 11) is 0. The molecule has 0 aliphatic carbocycles. The van der Waals surface area contributed by atoms with Crippen molar-refractivity contribution >= 4 is 29.3 Å². The van der Waals surface area contributed by atoms with Crippen molar-refractivity contribution in [1.29, 1.82) is 0 Å². The second-order valence-electron chi connectivity index (χ2n) is 7.34. The molecule has 0 aromatic carbocycles. The number of carbonyl (C=O) groups excluding carboxylic acids is 1. The molecular weight excluding hydrogens is 421 g/mol. The first-order valence-electron chi connectivity index (χ1n) is 9.92. The first-order chi connectivity index (χ1) is 14.1. The van der Waals surface area contributed by atoms with Crippen LogP contribution in [0.5, 0.6) is 0 Å². The molecule has 11 heteroatoms. The first-order valence-corrected chi connectivity index (χ1v) is 10.3. The van der Waals surface area contributed by atoms with Crippen LogP contribution in [-0.4, -0.2) is 55.1 Å². The average Bonchev–Trinajstić information content (AvgIpc) is 3.08. The van der Waals surface area contributed by atoms with E-state index in [-0.39, 0.29) is 29.4 Å². The van der Waals surface area contributed by atoms with Gasteiger partial charge in [-0.25, -0.2) is 4.98 Å². The number of hydrogen-bond acceptors (Lipinski definition) is 4. The first kappa shape index (κ1) is 24.0. The molecule has 3 N–H and O–H groups in total. The number of carbonyl (C=O) groups is 1. The van der Waals surface area contributed by atoms with Crippen LogP contribution < -0.4 is 20.9 Å². The van der Waals surface area contributed by atoms with Gasteiger partial charge in [0, 0.05) is 44.3 Å². The normalized spacial score (nSPS) is 17.4. The molecule has 1 aromatic rings. The number of hydrogen-bond donors (Lipinski definition) is 3. The van der Waals surface area contributed by atoms with Crippen LogP contribution in [0.25, 0.3) is 0 Å². The van der Waals surface area contributed by atoms with E-state index in [1.54, 1.807) is 0 Å². The minimum Gasteiger partial charge on any atom is -0.357 e. The van der Waals surface area contributed by atoms with Crippen molar-refractivity contribution in [2.75, 3.05) is 31.1 Å². The van der Waals surface area contributed by atoms with Gasteiger partial charge in [-0.3, -0.25) is 9.79 Å². The summed E-state index contributed by atoms with van der Waals surface area (Å²) < 4.78 is 38.4. The molecule has 0 bridgehead atoms. The Kier molecular flexibility index (Phi) is 8.57. The SMILES string of the molecule is CCNC(=NCCC(=O)NC(C)C)NC1CCN(c2ncc(C(F)(F)F)cc2Cl)C1. The highest BCUT2D eigenvalue weighted by Crippen LogP contribution is 2.34. The van der Waals surface area contributed by atoms with Gasteiger partial charge in [0.25, 0.3) is 0 Å². The molecule has 1 aliphatic heterocycles. The van der Waals surface area contributed by atoms with Gasteiger partial charge in [0.1, 0.15) is 5.82 Å². The van der Waals surface area contributed by atoms with E-state index in [4.69, 9.17) is 11.6 Å². The number of amides is 1. The van der Waals surface area contributed by atoms with Crippen molar-refractivity contribution in [3.05, 3.63) is 22.8 Å². The van der Waals surface area contributed by atoms with Crippen LogP contribution in [0, 0.1) is 0 Å². The van der Waals surface area contributed by atoms with Gasteiger partial charge in [-0.1, -0.05) is 11.6 Å². The fourth-order valence-corrected chi connectivity index (χ4v) is 3.35. The molecule has 1 amide bonds. The van der Waals surface area contributed by atoms with Crippen LogP contribution in [0.4, 0.5) is 19.0 Å². The van der Waals surface area contributed by atoms with Gasteiger partial charge in [0.05, 0.1) is 17.1 Å². The summed E-state index contributed by atoms with van der Waals surface area (Å²) in [5.74, 6) is 0.870. The Morgan fingerprint density at radius 3 is 2.77 bits per heavy atom. The minimum atomic E-state index is -4.48. The molecule has 1 saturated heterocycles. The van der Waals surface area contributed by atoms with Crippen molar-refractivity contribution < 1.29 is 18.0 Å². The van der Waals surface area contributed by atoms with Crippen molar-refractivity contribution in [3.8, 4) is 0 Å². The minimum absolute atomic E-state index is 0.0208. The standard InChI is InChI=1S/C19H28ClF3N6O/c1-4-24-18(25-7-5-16(30)27-12(2)3)28-14-6-8-29(11-14)17-15(20)9-13(10-26-17)19(21,22)23/h9-10,12,14H,4-8,11H2,1-3H3,(H,27,30)(H2,24,25,28). The molecule has 2 heterocycles. The third-order valence-corrected chi connectivity index (χ3v) is 4.66. The largest absolute Gasteiger partial charge is 0.417 e. The molecule has 168 valence electrons. The van der Waals surface area contributed by atoms with Crippen LogP contribution in [0.1, 0.15) is 39.2 Å². The lowest BCUT2D eigenvalue weighted by molar-refractivity contribution is -0.137. The number of pyridine rings is 1. The molecule has 2 rings (SSSR count). The van der Waals surface area contributed by atoms with Crippen LogP contribution in [0.3, 0.4) is 0 Å². The molecule has 0 saturated carbocycles. The monoisotopic (exact) mass is 448 g/mol. The number of anilines is 1. The van der Waals surface area contributed by atoms with E-state index in [9.17, 15) is 18.0 Å². The highest BCUT2D eigenvalue weighted by Gasteiger charge is 2.33. The fraction of sp³-hybridized carbons (Fsp3) is 0.632. The predicted molar refractivity (Wildman–Crippen MR) is 112 cm³/mol. The van der Waals surface area contributed by atoms with Gasteiger partial charge in [-0.15, -0.1) is 0 Å². The number of guanidine groups is 1. The lowest BCUT2D eigenvalue weighted by atomic mass is 10.2. The summed E-state index contributed by atoms with van der Waals surface area (Å²) in [4.78, 5) is 21.9. The lowest BCUT2D eigenvalue weighted by Gasteiger charge is -2.21. The van der Waals surface area contributed by atoms with E-state index in [0.29, 0.717) is 38.0 Å². The number of halogens is 4. The summed E-state index contributed by atoms with van der Waals surface area (Å²) in [6.07, 6.45) is -2.64. The molecule has 0 radical (unpaired) electrons. The topological polar surface area (TPSA) is 81.6 Å². The quantitative estimate of drug-likeness (QED) is 0.441. The molecule has 7 nitrogen and oxygen atoms in total. The van der Waals surface area contributed by atoms with E-state index in [0.717, 1.165) is 18.7 Å². The van der Waals surface area contributed by atoms with Crippen LogP contribution in [0.2, 0.25) is 5.02 Å². The smallest absolute Gasteiger partial charge is 0.357 e. The summed E-state index contributed by atoms with van der Waals surface area (Å²) in [6, 6.07) is 1.01. The third kappa shape index (κ3) is 7.23. The van der Waals surface area contributed by atoms with Gasteiger partial charge in [-0.05, 0) is 33.3 Å². The zero-order chi connectivity index (χ0) is 22.3. The van der Waals surface area contributed by atoms with E-state index < -0.39 is 11.7 Å². The van der Waals surface area contributed by atoms with Gasteiger partial charge < -0.3 is 20.9 Å². The van der Waals surface area contributed by atoms with Crippen LogP contribution >= 0.6 is 11.6 Å². The van der Waals surface area contributed by atoms with Gasteiger partial charge in [0.15, 0.2) is 5.96 Å². The molecule has 1 aliphatic rings. The zero-order valence-electron chi connectivity index (χ0n) is 17.3. The Morgan fingerprint density at radius 2 is 2.17 bits per heavy atom. The number of aliphatic imine (C=N–C) groups is 1. The number of alkyl halides is 3. The van der Waals surface area contributed by atoms with E-state index in [1.807, 2.05) is 25.7 Å². The van der Waals surface area contributed by atoms with Crippen molar-refractivity contribution in [2.24, 2.45) is 4.99 Å². The maximum Gasteiger partial charge on any atom is 0.417 e. The van der Waals surface area contributed by atoms with Crippen LogP contribution in [0.15, 0.2) is 17.3 Å². The van der Waals surface area contributed by atoms with Crippen molar-refractivity contribution in [2.45, 2.75) is 51.9 Å². The van der Waals surface area contributed by atoms with Gasteiger partial charge in [0.2, 0.25) is 5.91 Å². The van der Waals surface area contributed by atoms with Gasteiger partial charge >= 0.3 is 6.18 Å². The van der Waals surface area contributed by atoms with E-state index >= 15 is 0 Å². The van der Waals surface area contributed by atoms with Gasteiger partial charge in [-0.2, -0.15) is 13.2 Å². The molecular formula is C19H28ClF3N6O. The van der Waals surface area contributed by atoms with E-state index in [1.165, 1.54) is 0 Å². The maximum absolute atomic E-state index is 12.8. The summed E-state index contributed by atoms with van der Waals surface area (Å²) in [5.41, 5.74) is -0.867. The van der Waals surface area contributed by atoms with Crippen molar-refractivity contribution in [1.82, 2.24) is 20.9 Å². The van der Waals surface area contributed by atoms with Crippen LogP contribution in [-0.2, 0) is 11.0 Å². The molecule has 30 heavy (non-hydrogen) atoms. The molecule has 1 unspecified atom stereocenters. The second-order valence-corrected chi connectivity index (χ2v) is 7.74. The highest BCUT2D eigenvalue weighted by molar-refractivity contribution is 6.33. The van der Waals surface area contributed by atoms with E-state index in [2.05, 4.69) is 25.9 Å². The highest BCUT2D eigenvalue weighted by atomic mass is 35.5. The number of aromatic nitrogens is 1. The Bertz CT molecular complexity index is 756. The van der Waals surface area contributed by atoms with Crippen molar-refractivity contribution in [3.63, 3.8) is 0 Å². The fourth-order valence-electron chi connectivity index (χ4n) is 3.07. The average molecular weight is 449 g/mol.